The lowest BCUT2D eigenvalue weighted by Gasteiger charge is -2.32. The predicted octanol–water partition coefficient (Wildman–Crippen LogP) is 4.06. The molecule has 1 aliphatic heterocycles. The van der Waals surface area contributed by atoms with Crippen molar-refractivity contribution in [3.05, 3.63) is 10.4 Å². The molecule has 1 spiro atoms. The third kappa shape index (κ3) is 2.75. The summed E-state index contributed by atoms with van der Waals surface area (Å²) in [5, 5.41) is 3.73. The van der Waals surface area contributed by atoms with Crippen LogP contribution in [0.4, 0.5) is 0 Å². The van der Waals surface area contributed by atoms with Crippen molar-refractivity contribution in [1.29, 1.82) is 0 Å². The molecule has 3 unspecified atom stereocenters. The maximum atomic E-state index is 8.45. The van der Waals surface area contributed by atoms with Gasteiger partial charge in [-0.1, -0.05) is 31.3 Å². The summed E-state index contributed by atoms with van der Waals surface area (Å²) in [6.45, 7) is 3.67. The average molecular weight is 237 g/mol. The molecule has 0 radical (unpaired) electrons. The van der Waals surface area contributed by atoms with E-state index in [1.165, 1.54) is 38.5 Å². The maximum absolute atomic E-state index is 8.45. The minimum Gasteiger partial charge on any atom is -0.377 e. The largest absolute Gasteiger partial charge is 0.377 e. The molecule has 1 heterocycles. The van der Waals surface area contributed by atoms with Gasteiger partial charge >= 0.3 is 0 Å². The van der Waals surface area contributed by atoms with Crippen LogP contribution >= 0.6 is 0 Å². The molecule has 0 N–H and O–H groups in total. The maximum Gasteiger partial charge on any atom is 0.0688 e. The van der Waals surface area contributed by atoms with Crippen LogP contribution in [0.15, 0.2) is 5.11 Å². The Hall–Kier alpha value is -0.730. The normalized spacial score (nSPS) is 37.7. The van der Waals surface area contributed by atoms with E-state index in [1.54, 1.807) is 0 Å². The van der Waals surface area contributed by atoms with Crippen LogP contribution in [0.2, 0.25) is 0 Å². The highest BCUT2D eigenvalue weighted by atomic mass is 16.5. The van der Waals surface area contributed by atoms with Crippen molar-refractivity contribution in [3.63, 3.8) is 0 Å². The molecule has 1 aliphatic carbocycles. The first-order chi connectivity index (χ1) is 8.30. The van der Waals surface area contributed by atoms with Crippen LogP contribution in [0.1, 0.15) is 51.9 Å². The molecule has 4 heteroatoms. The van der Waals surface area contributed by atoms with Crippen molar-refractivity contribution in [2.24, 2.45) is 16.4 Å². The Balaban J connectivity index is 2.03. The molecule has 1 saturated carbocycles. The summed E-state index contributed by atoms with van der Waals surface area (Å²) in [6, 6.07) is 0. The first kappa shape index (κ1) is 12.7. The molecule has 2 aliphatic rings. The smallest absolute Gasteiger partial charge is 0.0688 e. The molecule has 1 saturated heterocycles. The van der Waals surface area contributed by atoms with Gasteiger partial charge in [0.15, 0.2) is 0 Å². The summed E-state index contributed by atoms with van der Waals surface area (Å²) in [6.07, 6.45) is 9.17. The monoisotopic (exact) mass is 237 g/mol. The van der Waals surface area contributed by atoms with E-state index in [2.05, 4.69) is 16.9 Å². The highest BCUT2D eigenvalue weighted by Crippen LogP contribution is 2.47. The van der Waals surface area contributed by atoms with Crippen molar-refractivity contribution >= 4 is 0 Å². The molecule has 0 aromatic rings. The fourth-order valence-corrected chi connectivity index (χ4v) is 3.58. The number of azide groups is 1. The van der Waals surface area contributed by atoms with E-state index >= 15 is 0 Å². The van der Waals surface area contributed by atoms with Crippen molar-refractivity contribution in [1.82, 2.24) is 0 Å². The van der Waals surface area contributed by atoms with Gasteiger partial charge in [-0.3, -0.25) is 0 Å². The Labute approximate surface area is 103 Å². The minimum absolute atomic E-state index is 0.175. The molecule has 17 heavy (non-hydrogen) atoms. The molecule has 3 atom stereocenters. The van der Waals surface area contributed by atoms with Crippen molar-refractivity contribution in [3.8, 4) is 0 Å². The third-order valence-electron chi connectivity index (χ3n) is 4.83. The topological polar surface area (TPSA) is 58.0 Å². The highest BCUT2D eigenvalue weighted by molar-refractivity contribution is 4.94. The third-order valence-corrected chi connectivity index (χ3v) is 4.83. The molecule has 96 valence electrons. The van der Waals surface area contributed by atoms with E-state index in [9.17, 15) is 0 Å². The van der Waals surface area contributed by atoms with Gasteiger partial charge in [0.25, 0.3) is 0 Å². The minimum atomic E-state index is 0.175. The number of rotatable bonds is 3. The second-order valence-corrected chi connectivity index (χ2v) is 5.59. The van der Waals surface area contributed by atoms with Crippen LogP contribution in [0.25, 0.3) is 10.4 Å². The van der Waals surface area contributed by atoms with Gasteiger partial charge in [0.1, 0.15) is 0 Å². The number of nitrogens with zero attached hydrogens (tertiary/aromatic N) is 3. The molecule has 2 fully saturated rings. The van der Waals surface area contributed by atoms with Crippen LogP contribution in [0, 0.1) is 11.3 Å². The van der Waals surface area contributed by atoms with Gasteiger partial charge in [0, 0.05) is 11.5 Å². The first-order valence-corrected chi connectivity index (χ1v) is 6.93. The molecule has 0 amide bonds. The molecule has 0 aromatic carbocycles. The Morgan fingerprint density at radius 3 is 3.00 bits per heavy atom. The number of ether oxygens (including phenoxy) is 1. The summed E-state index contributed by atoms with van der Waals surface area (Å²) < 4.78 is 5.81. The molecule has 0 aromatic heterocycles. The quantitative estimate of drug-likeness (QED) is 0.415. The van der Waals surface area contributed by atoms with E-state index in [-0.39, 0.29) is 6.10 Å². The van der Waals surface area contributed by atoms with Gasteiger partial charge in [-0.05, 0) is 42.5 Å². The summed E-state index contributed by atoms with van der Waals surface area (Å²) >= 11 is 0. The van der Waals surface area contributed by atoms with E-state index in [1.807, 2.05) is 0 Å². The van der Waals surface area contributed by atoms with Crippen LogP contribution in [0.3, 0.4) is 0 Å². The van der Waals surface area contributed by atoms with E-state index in [4.69, 9.17) is 10.3 Å². The fourth-order valence-electron chi connectivity index (χ4n) is 3.58. The van der Waals surface area contributed by atoms with E-state index in [0.717, 1.165) is 18.9 Å². The molecule has 2 rings (SSSR count). The highest BCUT2D eigenvalue weighted by Gasteiger charge is 2.44. The van der Waals surface area contributed by atoms with Crippen LogP contribution in [0.5, 0.6) is 0 Å². The fraction of sp³-hybridized carbons (Fsp3) is 1.00. The summed E-state index contributed by atoms with van der Waals surface area (Å²) in [4.78, 5) is 2.88. The Kier molecular flexibility index (Phi) is 4.30. The Bertz CT molecular complexity index is 301. The van der Waals surface area contributed by atoms with E-state index < -0.39 is 0 Å². The van der Waals surface area contributed by atoms with Crippen molar-refractivity contribution < 1.29 is 4.74 Å². The summed E-state index contributed by atoms with van der Waals surface area (Å²) in [7, 11) is 0. The van der Waals surface area contributed by atoms with Gasteiger partial charge in [-0.2, -0.15) is 0 Å². The molecular weight excluding hydrogens is 214 g/mol. The molecular formula is C13H23N3O. The van der Waals surface area contributed by atoms with Gasteiger partial charge in [-0.15, -0.1) is 0 Å². The van der Waals surface area contributed by atoms with E-state index in [0.29, 0.717) is 12.0 Å². The lowest BCUT2D eigenvalue weighted by Crippen LogP contribution is -2.32. The zero-order chi connectivity index (χ0) is 12.1. The SMILES string of the molecule is CCC1CCCC2(CCOC2CN=[N+]=[N-])CC1. The summed E-state index contributed by atoms with van der Waals surface area (Å²) in [5.41, 5.74) is 8.77. The Morgan fingerprint density at radius 1 is 1.35 bits per heavy atom. The second-order valence-electron chi connectivity index (χ2n) is 5.59. The van der Waals surface area contributed by atoms with Crippen molar-refractivity contribution in [2.45, 2.75) is 58.0 Å². The van der Waals surface area contributed by atoms with Crippen LogP contribution in [-0.4, -0.2) is 19.3 Å². The van der Waals surface area contributed by atoms with Crippen LogP contribution < -0.4 is 0 Å². The zero-order valence-corrected chi connectivity index (χ0v) is 10.8. The molecule has 4 nitrogen and oxygen atoms in total. The zero-order valence-electron chi connectivity index (χ0n) is 10.8. The number of hydrogen-bond donors (Lipinski definition) is 0. The lowest BCUT2D eigenvalue weighted by molar-refractivity contribution is 0.0466. The van der Waals surface area contributed by atoms with Crippen LogP contribution in [-0.2, 0) is 4.74 Å². The van der Waals surface area contributed by atoms with Gasteiger partial charge in [0.05, 0.1) is 12.6 Å². The molecule has 0 bridgehead atoms. The van der Waals surface area contributed by atoms with Gasteiger partial charge < -0.3 is 4.74 Å². The summed E-state index contributed by atoms with van der Waals surface area (Å²) in [5.74, 6) is 0.898. The van der Waals surface area contributed by atoms with Crippen molar-refractivity contribution in [2.75, 3.05) is 13.2 Å². The standard InChI is InChI=1S/C13H23N3O/c1-2-11-4-3-6-13(7-5-11)8-9-17-12(13)10-15-16-14/h11-12H,2-10H2,1H3. The Morgan fingerprint density at radius 2 is 2.24 bits per heavy atom. The van der Waals surface area contributed by atoms with Gasteiger partial charge in [0.2, 0.25) is 0 Å². The van der Waals surface area contributed by atoms with Gasteiger partial charge in [-0.25, -0.2) is 0 Å². The second kappa shape index (κ2) is 5.74. The number of hydrogen-bond acceptors (Lipinski definition) is 2. The lowest BCUT2D eigenvalue weighted by atomic mass is 9.74. The first-order valence-electron chi connectivity index (χ1n) is 6.93. The predicted molar refractivity (Wildman–Crippen MR) is 67.7 cm³/mol. The average Bonchev–Trinajstić information content (AvgIpc) is 2.60.